The Hall–Kier alpha value is -5.04. The average Bonchev–Trinajstić information content (AvgIpc) is 3.19. The topological polar surface area (TPSA) is 80.9 Å². The van der Waals surface area contributed by atoms with Crippen LogP contribution in [0.3, 0.4) is 0 Å². The summed E-state index contributed by atoms with van der Waals surface area (Å²) in [5.74, 6) is 25.3. The highest BCUT2D eigenvalue weighted by molar-refractivity contribution is 5.53. The molecule has 0 amide bonds. The van der Waals surface area contributed by atoms with Crippen LogP contribution in [0.4, 0.5) is 0 Å². The number of hydrogen-bond donors (Lipinski definition) is 4. The summed E-state index contributed by atoms with van der Waals surface area (Å²) in [6, 6.07) is 35.7. The van der Waals surface area contributed by atoms with Gasteiger partial charge in [-0.1, -0.05) is 95.9 Å². The first-order valence-corrected chi connectivity index (χ1v) is 19.2. The third-order valence-corrected chi connectivity index (χ3v) is 11.9. The zero-order valence-corrected chi connectivity index (χ0v) is 30.9. The molecule has 0 heterocycles. The molecule has 4 aliphatic carbocycles. The van der Waals surface area contributed by atoms with E-state index in [-0.39, 0.29) is 48.1 Å². The summed E-state index contributed by atoms with van der Waals surface area (Å²) in [5.41, 5.74) is 8.86. The van der Waals surface area contributed by atoms with E-state index in [9.17, 15) is 20.4 Å². The second-order valence-electron chi connectivity index (χ2n) is 15.6. The van der Waals surface area contributed by atoms with Gasteiger partial charge in [0.15, 0.2) is 0 Å². The summed E-state index contributed by atoms with van der Waals surface area (Å²) in [5, 5.41) is 37.1. The van der Waals surface area contributed by atoms with Crippen LogP contribution in [0.2, 0.25) is 0 Å². The molecule has 0 saturated heterocycles. The number of hydrogen-bond acceptors (Lipinski definition) is 4. The van der Waals surface area contributed by atoms with Crippen molar-refractivity contribution in [1.29, 1.82) is 0 Å². The summed E-state index contributed by atoms with van der Waals surface area (Å²) >= 11 is 0. The lowest BCUT2D eigenvalue weighted by Gasteiger charge is -2.71. The van der Waals surface area contributed by atoms with Crippen LogP contribution in [0.1, 0.15) is 109 Å². The molecule has 4 aromatic carbocycles. The predicted octanol–water partition coefficient (Wildman–Crippen LogP) is 7.06. The van der Waals surface area contributed by atoms with Gasteiger partial charge in [0.2, 0.25) is 0 Å². The summed E-state index contributed by atoms with van der Waals surface area (Å²) < 4.78 is 0. The molecule has 4 aliphatic rings. The van der Waals surface area contributed by atoms with Crippen molar-refractivity contribution in [2.24, 2.45) is 0 Å². The minimum absolute atomic E-state index is 0.0586. The molecule has 0 radical (unpaired) electrons. The van der Waals surface area contributed by atoms with E-state index >= 15 is 0 Å². The van der Waals surface area contributed by atoms with E-state index in [4.69, 9.17) is 0 Å². The fraction of sp³-hybridized carbons (Fsp3) is 0.360. The molecule has 0 unspecified atom stereocenters. The van der Waals surface area contributed by atoms with Crippen molar-refractivity contribution in [3.8, 4) is 47.4 Å². The van der Waals surface area contributed by atoms with Gasteiger partial charge in [0.1, 0.15) is 0 Å². The summed E-state index contributed by atoms with van der Waals surface area (Å²) in [6.45, 7) is 0.234. The first-order chi connectivity index (χ1) is 26.4. The number of aliphatic hydroxyl groups excluding tert-OH is 4. The molecule has 4 bridgehead atoms. The molecule has 4 heteroatoms. The summed E-state index contributed by atoms with van der Waals surface area (Å²) in [7, 11) is 0. The van der Waals surface area contributed by atoms with Crippen molar-refractivity contribution in [2.45, 2.75) is 85.9 Å². The van der Waals surface area contributed by atoms with E-state index in [1.807, 2.05) is 0 Å². The highest BCUT2D eigenvalue weighted by Gasteiger charge is 2.69. The van der Waals surface area contributed by atoms with Gasteiger partial charge in [-0.3, -0.25) is 0 Å². The van der Waals surface area contributed by atoms with Gasteiger partial charge < -0.3 is 20.4 Å². The fourth-order valence-corrected chi connectivity index (χ4v) is 10.4. The van der Waals surface area contributed by atoms with Gasteiger partial charge in [0.25, 0.3) is 0 Å². The Morgan fingerprint density at radius 2 is 0.500 bits per heavy atom. The monoisotopic (exact) mass is 712 g/mol. The summed E-state index contributed by atoms with van der Waals surface area (Å²) in [6.07, 6.45) is 8.12. The first kappa shape index (κ1) is 37.3. The van der Waals surface area contributed by atoms with Gasteiger partial charge in [0.05, 0.1) is 26.4 Å². The predicted molar refractivity (Wildman–Crippen MR) is 215 cm³/mol. The lowest BCUT2D eigenvalue weighted by Crippen LogP contribution is -2.67. The van der Waals surface area contributed by atoms with E-state index < -0.39 is 0 Å². The van der Waals surface area contributed by atoms with Crippen molar-refractivity contribution >= 4 is 0 Å². The molecule has 4 saturated carbocycles. The Kier molecular flexibility index (Phi) is 11.1. The molecule has 4 nitrogen and oxygen atoms in total. The third kappa shape index (κ3) is 7.51. The lowest BCUT2D eigenvalue weighted by atomic mass is 9.32. The molecule has 4 fully saturated rings. The molecule has 4 N–H and O–H groups in total. The van der Waals surface area contributed by atoms with Gasteiger partial charge in [-0.2, -0.15) is 0 Å². The van der Waals surface area contributed by atoms with Gasteiger partial charge in [0, 0.05) is 47.9 Å². The maximum atomic E-state index is 9.28. The zero-order chi connectivity index (χ0) is 37.5. The second-order valence-corrected chi connectivity index (χ2v) is 15.6. The quantitative estimate of drug-likeness (QED) is 0.148. The Labute approximate surface area is 320 Å². The number of benzene rings is 4. The van der Waals surface area contributed by atoms with E-state index in [1.54, 1.807) is 0 Å². The van der Waals surface area contributed by atoms with Crippen molar-refractivity contribution < 1.29 is 20.4 Å². The van der Waals surface area contributed by atoms with Crippen LogP contribution in [0.5, 0.6) is 0 Å². The lowest BCUT2D eigenvalue weighted by molar-refractivity contribution is -0.0691. The maximum absolute atomic E-state index is 9.28. The first-order valence-electron chi connectivity index (χ1n) is 19.2. The molecule has 54 heavy (non-hydrogen) atoms. The van der Waals surface area contributed by atoms with Crippen LogP contribution in [-0.4, -0.2) is 46.9 Å². The van der Waals surface area contributed by atoms with Crippen molar-refractivity contribution in [2.75, 3.05) is 26.4 Å². The van der Waals surface area contributed by atoms with Crippen LogP contribution in [-0.2, 0) is 21.7 Å². The molecular weight excluding hydrogens is 665 g/mol. The fourth-order valence-electron chi connectivity index (χ4n) is 10.4. The van der Waals surface area contributed by atoms with Crippen LogP contribution >= 0.6 is 0 Å². The van der Waals surface area contributed by atoms with Crippen LogP contribution in [0.25, 0.3) is 0 Å². The van der Waals surface area contributed by atoms with Crippen LogP contribution in [0, 0.1) is 47.4 Å². The Bertz CT molecular complexity index is 1830. The Morgan fingerprint density at radius 3 is 0.667 bits per heavy atom. The molecule has 272 valence electrons. The van der Waals surface area contributed by atoms with Gasteiger partial charge >= 0.3 is 0 Å². The van der Waals surface area contributed by atoms with Crippen molar-refractivity contribution in [3.05, 3.63) is 142 Å². The van der Waals surface area contributed by atoms with E-state index in [0.29, 0.717) is 25.7 Å². The van der Waals surface area contributed by atoms with Crippen LogP contribution < -0.4 is 0 Å². The second kappa shape index (κ2) is 16.1. The summed E-state index contributed by atoms with van der Waals surface area (Å²) in [4.78, 5) is 0. The standard InChI is InChI=1S/C50H48O4/c51-29-5-1-9-39-13-21-43(22-14-39)47-33-48(44-23-15-40(16-24-44)10-2-6-30-52)36-49(34-47,45-25-17-41(18-26-45)11-3-7-31-53)38-50(35-47,37-48)46-27-19-42(20-28-46)12-4-8-32-54/h13-28,51-54H,5-8,29-38H2. The van der Waals surface area contributed by atoms with Crippen molar-refractivity contribution in [1.82, 2.24) is 0 Å². The normalized spacial score (nSPS) is 24.5. The molecular formula is C50H48O4. The molecule has 0 spiro atoms. The highest BCUT2D eigenvalue weighted by atomic mass is 16.3. The SMILES string of the molecule is OCCC#Cc1ccc(C23CC4(c5ccc(C#CCCO)cc5)CC(c5ccc(C#CCCO)cc5)(C2)CC(c2ccc(C#CCCO)cc2)(C3)C4)cc1. The molecule has 0 aromatic heterocycles. The van der Waals surface area contributed by atoms with Gasteiger partial charge in [-0.25, -0.2) is 0 Å². The minimum atomic E-state index is -0.107. The number of rotatable bonds is 8. The molecule has 0 aliphatic heterocycles. The largest absolute Gasteiger partial charge is 0.395 e. The van der Waals surface area contributed by atoms with E-state index in [1.165, 1.54) is 22.3 Å². The van der Waals surface area contributed by atoms with Crippen LogP contribution in [0.15, 0.2) is 97.1 Å². The van der Waals surface area contributed by atoms with Gasteiger partial charge in [-0.05, 0) is 131 Å². The van der Waals surface area contributed by atoms with E-state index in [0.717, 1.165) is 60.8 Å². The zero-order valence-electron chi connectivity index (χ0n) is 30.9. The Morgan fingerprint density at radius 1 is 0.315 bits per heavy atom. The Balaban J connectivity index is 1.40. The minimum Gasteiger partial charge on any atom is -0.395 e. The maximum Gasteiger partial charge on any atom is 0.0540 e. The highest BCUT2D eigenvalue weighted by Crippen LogP contribution is 2.74. The third-order valence-electron chi connectivity index (χ3n) is 11.9. The van der Waals surface area contributed by atoms with Gasteiger partial charge in [-0.15, -0.1) is 0 Å². The number of aliphatic hydroxyl groups is 4. The smallest absolute Gasteiger partial charge is 0.0540 e. The average molecular weight is 713 g/mol. The van der Waals surface area contributed by atoms with E-state index in [2.05, 4.69) is 144 Å². The molecule has 8 rings (SSSR count). The molecule has 4 aromatic rings. The molecule has 0 atom stereocenters. The van der Waals surface area contributed by atoms with Crippen molar-refractivity contribution in [3.63, 3.8) is 0 Å².